The van der Waals surface area contributed by atoms with Crippen LogP contribution in [0, 0.1) is 13.8 Å². The van der Waals surface area contributed by atoms with E-state index >= 15 is 0 Å². The smallest absolute Gasteiger partial charge is 0.338 e. The van der Waals surface area contributed by atoms with E-state index < -0.39 is 0 Å². The minimum atomic E-state index is -0.355. The summed E-state index contributed by atoms with van der Waals surface area (Å²) in [7, 11) is 1.38. The lowest BCUT2D eigenvalue weighted by atomic mass is 10.0. The number of methoxy groups -OCH3 is 1. The Bertz CT molecular complexity index is 962. The molecule has 0 radical (unpaired) electrons. The zero-order valence-corrected chi connectivity index (χ0v) is 16.4. The third-order valence-electron chi connectivity index (χ3n) is 4.60. The normalized spacial score (nSPS) is 10.4. The van der Waals surface area contributed by atoms with Gasteiger partial charge >= 0.3 is 5.97 Å². The van der Waals surface area contributed by atoms with Gasteiger partial charge in [-0.25, -0.2) is 4.79 Å². The van der Waals surface area contributed by atoms with Crippen LogP contribution >= 0.6 is 0 Å². The van der Waals surface area contributed by atoms with Gasteiger partial charge in [0.15, 0.2) is 0 Å². The molecule has 0 unspecified atom stereocenters. The highest BCUT2D eigenvalue weighted by atomic mass is 16.5. The summed E-state index contributed by atoms with van der Waals surface area (Å²) in [4.78, 5) is 12.1. The minimum Gasteiger partial charge on any atom is -0.489 e. The molecule has 0 aliphatic carbocycles. The number of carbonyl (C=O) groups excluding carboxylic acids is 1. The van der Waals surface area contributed by atoms with E-state index in [1.807, 2.05) is 61.5 Å². The van der Waals surface area contributed by atoms with Crippen LogP contribution in [-0.2, 0) is 18.0 Å². The van der Waals surface area contributed by atoms with Crippen LogP contribution in [0.25, 0.3) is 0 Å². The van der Waals surface area contributed by atoms with Crippen molar-refractivity contribution in [3.63, 3.8) is 0 Å². The molecule has 0 aromatic heterocycles. The average Bonchev–Trinajstić information content (AvgIpc) is 2.71. The first-order valence-electron chi connectivity index (χ1n) is 9.15. The Morgan fingerprint density at radius 3 is 2.00 bits per heavy atom. The van der Waals surface area contributed by atoms with Gasteiger partial charge in [-0.15, -0.1) is 0 Å². The third-order valence-corrected chi connectivity index (χ3v) is 4.60. The van der Waals surface area contributed by atoms with Crippen LogP contribution in [0.4, 0.5) is 0 Å². The van der Waals surface area contributed by atoms with E-state index in [9.17, 15) is 4.79 Å². The Balaban J connectivity index is 1.68. The molecule has 3 aromatic rings. The maximum atomic E-state index is 12.1. The predicted octanol–water partition coefficient (Wildman–Crippen LogP) is 5.25. The average molecular weight is 376 g/mol. The van der Waals surface area contributed by atoms with Gasteiger partial charge in [-0.1, -0.05) is 48.5 Å². The van der Waals surface area contributed by atoms with Crippen LogP contribution < -0.4 is 9.47 Å². The second-order valence-electron chi connectivity index (χ2n) is 6.58. The van der Waals surface area contributed by atoms with Crippen LogP contribution in [-0.4, -0.2) is 13.1 Å². The van der Waals surface area contributed by atoms with Gasteiger partial charge in [-0.2, -0.15) is 0 Å². The summed E-state index contributed by atoms with van der Waals surface area (Å²) < 4.78 is 16.7. The minimum absolute atomic E-state index is 0.271. The van der Waals surface area contributed by atoms with Crippen molar-refractivity contribution in [2.24, 2.45) is 0 Å². The molecular weight excluding hydrogens is 352 g/mol. The molecule has 0 aliphatic rings. The molecule has 3 aromatic carbocycles. The summed E-state index contributed by atoms with van der Waals surface area (Å²) >= 11 is 0. The van der Waals surface area contributed by atoms with Crippen molar-refractivity contribution in [2.75, 3.05) is 7.11 Å². The molecule has 3 rings (SSSR count). The van der Waals surface area contributed by atoms with Gasteiger partial charge in [0.25, 0.3) is 0 Å². The molecule has 4 heteroatoms. The Kier molecular flexibility index (Phi) is 6.33. The lowest BCUT2D eigenvalue weighted by molar-refractivity contribution is 0.0597. The third kappa shape index (κ3) is 4.71. The summed E-state index contributed by atoms with van der Waals surface area (Å²) in [6.07, 6.45) is 0. The van der Waals surface area contributed by atoms with Crippen LogP contribution in [0.15, 0.2) is 66.7 Å². The molecule has 0 amide bonds. The molecule has 0 heterocycles. The summed E-state index contributed by atoms with van der Waals surface area (Å²) in [5, 5.41) is 0. The highest BCUT2D eigenvalue weighted by molar-refractivity contribution is 5.92. The van der Waals surface area contributed by atoms with E-state index in [4.69, 9.17) is 14.2 Å². The number of hydrogen-bond acceptors (Lipinski definition) is 4. The lowest BCUT2D eigenvalue weighted by Gasteiger charge is -2.13. The van der Waals surface area contributed by atoms with Crippen molar-refractivity contribution < 1.29 is 19.0 Å². The topological polar surface area (TPSA) is 44.8 Å². The highest BCUT2D eigenvalue weighted by Crippen LogP contribution is 2.23. The Morgan fingerprint density at radius 2 is 1.32 bits per heavy atom. The standard InChI is InChI=1S/C24H24O4/c1-17-8-4-5-10-19(17)15-27-21-12-7-13-22(14-21)28-16-20-11-6-9-18(2)23(20)24(25)26-3/h4-14H,15-16H2,1-3H3. The first kappa shape index (κ1) is 19.5. The summed E-state index contributed by atoms with van der Waals surface area (Å²) in [6, 6.07) is 21.3. The molecule has 28 heavy (non-hydrogen) atoms. The molecule has 0 N–H and O–H groups in total. The van der Waals surface area contributed by atoms with E-state index in [1.54, 1.807) is 0 Å². The summed E-state index contributed by atoms with van der Waals surface area (Å²) in [5.74, 6) is 1.06. The molecule has 0 aliphatic heterocycles. The zero-order valence-electron chi connectivity index (χ0n) is 16.4. The van der Waals surface area contributed by atoms with Crippen LogP contribution in [0.2, 0.25) is 0 Å². The van der Waals surface area contributed by atoms with Crippen molar-refractivity contribution >= 4 is 5.97 Å². The first-order valence-corrected chi connectivity index (χ1v) is 9.15. The quantitative estimate of drug-likeness (QED) is 0.529. The van der Waals surface area contributed by atoms with Crippen molar-refractivity contribution in [3.05, 3.63) is 94.5 Å². The fraction of sp³-hybridized carbons (Fsp3) is 0.208. The summed E-state index contributed by atoms with van der Waals surface area (Å²) in [5.41, 5.74) is 4.55. The number of aryl methyl sites for hydroxylation is 2. The first-order chi connectivity index (χ1) is 13.6. The Labute approximate surface area is 165 Å². The Morgan fingerprint density at radius 1 is 0.750 bits per heavy atom. The van der Waals surface area contributed by atoms with E-state index in [2.05, 4.69) is 19.1 Å². The van der Waals surface area contributed by atoms with Crippen molar-refractivity contribution in [2.45, 2.75) is 27.1 Å². The van der Waals surface area contributed by atoms with Crippen LogP contribution in [0.3, 0.4) is 0 Å². The van der Waals surface area contributed by atoms with Gasteiger partial charge in [-0.3, -0.25) is 0 Å². The summed E-state index contributed by atoms with van der Waals surface area (Å²) in [6.45, 7) is 4.72. The van der Waals surface area contributed by atoms with Crippen LogP contribution in [0.5, 0.6) is 11.5 Å². The molecule has 0 atom stereocenters. The number of benzene rings is 3. The van der Waals surface area contributed by atoms with Gasteiger partial charge < -0.3 is 14.2 Å². The SMILES string of the molecule is COC(=O)c1c(C)cccc1COc1cccc(OCc2ccccc2C)c1. The number of ether oxygens (including phenoxy) is 3. The van der Waals surface area contributed by atoms with Gasteiger partial charge in [-0.05, 0) is 42.7 Å². The largest absolute Gasteiger partial charge is 0.489 e. The number of esters is 1. The fourth-order valence-corrected chi connectivity index (χ4v) is 2.99. The van der Waals surface area contributed by atoms with Crippen molar-refractivity contribution in [1.82, 2.24) is 0 Å². The maximum absolute atomic E-state index is 12.1. The maximum Gasteiger partial charge on any atom is 0.338 e. The van der Waals surface area contributed by atoms with Gasteiger partial charge in [0.05, 0.1) is 12.7 Å². The van der Waals surface area contributed by atoms with Gasteiger partial charge in [0.2, 0.25) is 0 Å². The molecule has 144 valence electrons. The van der Waals surface area contributed by atoms with E-state index in [0.717, 1.165) is 22.4 Å². The molecule has 4 nitrogen and oxygen atoms in total. The Hall–Kier alpha value is -3.27. The van der Waals surface area contributed by atoms with Crippen molar-refractivity contribution in [3.8, 4) is 11.5 Å². The van der Waals surface area contributed by atoms with E-state index in [1.165, 1.54) is 12.7 Å². The number of carbonyl (C=O) groups is 1. The fourth-order valence-electron chi connectivity index (χ4n) is 2.99. The van der Waals surface area contributed by atoms with Gasteiger partial charge in [0.1, 0.15) is 24.7 Å². The second kappa shape index (κ2) is 9.09. The van der Waals surface area contributed by atoms with Gasteiger partial charge in [0, 0.05) is 11.6 Å². The highest BCUT2D eigenvalue weighted by Gasteiger charge is 2.15. The second-order valence-corrected chi connectivity index (χ2v) is 6.58. The zero-order chi connectivity index (χ0) is 19.9. The molecule has 0 fully saturated rings. The predicted molar refractivity (Wildman–Crippen MR) is 109 cm³/mol. The van der Waals surface area contributed by atoms with E-state index in [0.29, 0.717) is 17.9 Å². The van der Waals surface area contributed by atoms with Crippen LogP contribution in [0.1, 0.15) is 32.6 Å². The molecule has 0 saturated heterocycles. The molecule has 0 saturated carbocycles. The van der Waals surface area contributed by atoms with Crippen molar-refractivity contribution in [1.29, 1.82) is 0 Å². The molecular formula is C24H24O4. The number of rotatable bonds is 7. The number of hydrogen-bond donors (Lipinski definition) is 0. The monoisotopic (exact) mass is 376 g/mol. The molecule has 0 spiro atoms. The lowest BCUT2D eigenvalue weighted by Crippen LogP contribution is -2.10. The molecule has 0 bridgehead atoms. The van der Waals surface area contributed by atoms with E-state index in [-0.39, 0.29) is 12.6 Å².